The minimum Gasteiger partial charge on any atom is -0.343 e. The van der Waals surface area contributed by atoms with Gasteiger partial charge in [-0.3, -0.25) is 9.78 Å². The van der Waals surface area contributed by atoms with Gasteiger partial charge >= 0.3 is 0 Å². The van der Waals surface area contributed by atoms with Crippen LogP contribution in [0.15, 0.2) is 54.9 Å². The first kappa shape index (κ1) is 20.0. The number of carbonyl (C=O) groups is 1. The van der Waals surface area contributed by atoms with Crippen LogP contribution < -0.4 is 5.14 Å². The molecule has 1 atom stereocenters. The summed E-state index contributed by atoms with van der Waals surface area (Å²) >= 11 is 0. The zero-order chi connectivity index (χ0) is 20.7. The highest BCUT2D eigenvalue weighted by Crippen LogP contribution is 2.36. The van der Waals surface area contributed by atoms with Crippen LogP contribution in [-0.2, 0) is 21.8 Å². The van der Waals surface area contributed by atoms with E-state index < -0.39 is 14.8 Å². The Hall–Kier alpha value is -2.77. The predicted octanol–water partition coefficient (Wildman–Crippen LogP) is 2.82. The maximum atomic E-state index is 13.1. The third-order valence-electron chi connectivity index (χ3n) is 5.25. The Labute approximate surface area is 165 Å². The van der Waals surface area contributed by atoms with E-state index in [4.69, 9.17) is 5.14 Å². The number of nitrogens with two attached hydrogens (primary N) is 1. The van der Waals surface area contributed by atoms with Gasteiger partial charge in [0.15, 0.2) is 0 Å². The maximum absolute atomic E-state index is 13.1. The van der Waals surface area contributed by atoms with Crippen molar-refractivity contribution in [2.24, 2.45) is 12.2 Å². The number of primary sulfonamides is 1. The van der Waals surface area contributed by atoms with Gasteiger partial charge in [0.25, 0.3) is 0 Å². The lowest BCUT2D eigenvalue weighted by molar-refractivity contribution is 0.103. The molecule has 1 unspecified atom stereocenters. The normalized spacial score (nSPS) is 13.9. The summed E-state index contributed by atoms with van der Waals surface area (Å²) in [5, 5.41) is 5.63. The first-order chi connectivity index (χ1) is 13.1. The van der Waals surface area contributed by atoms with E-state index in [1.54, 1.807) is 48.1 Å². The lowest BCUT2D eigenvalue weighted by Gasteiger charge is -2.28. The molecular weight excluding hydrogens is 374 g/mol. The molecule has 28 heavy (non-hydrogen) atoms. The van der Waals surface area contributed by atoms with Crippen molar-refractivity contribution >= 4 is 15.8 Å². The Bertz CT molecular complexity index is 1150. The van der Waals surface area contributed by atoms with E-state index in [0.717, 1.165) is 11.1 Å². The van der Waals surface area contributed by atoms with Gasteiger partial charge in [-0.25, -0.2) is 13.6 Å². The Morgan fingerprint density at radius 2 is 1.86 bits per heavy atom. The van der Waals surface area contributed by atoms with Crippen LogP contribution in [-0.4, -0.2) is 23.8 Å². The number of benzene rings is 1. The molecule has 0 spiro atoms. The summed E-state index contributed by atoms with van der Waals surface area (Å²) in [6.45, 7) is 5.38. The number of carbonyl (C=O) groups excluding carboxylic acids is 1. The van der Waals surface area contributed by atoms with Gasteiger partial charge in [0, 0.05) is 30.7 Å². The van der Waals surface area contributed by atoms with Gasteiger partial charge < -0.3 is 4.57 Å². The second kappa shape index (κ2) is 7.00. The summed E-state index contributed by atoms with van der Waals surface area (Å²) in [5.74, 6) is -0.172. The molecule has 0 saturated heterocycles. The molecule has 2 heterocycles. The van der Waals surface area contributed by atoms with E-state index in [2.05, 4.69) is 4.98 Å². The van der Waals surface area contributed by atoms with Crippen molar-refractivity contribution in [3.05, 3.63) is 88.5 Å². The molecule has 0 fully saturated rings. The number of aromatic nitrogens is 2. The molecule has 0 aliphatic heterocycles. The van der Waals surface area contributed by atoms with Crippen LogP contribution in [0, 0.1) is 13.8 Å². The van der Waals surface area contributed by atoms with Crippen molar-refractivity contribution in [2.75, 3.05) is 0 Å². The number of ketones is 1. The van der Waals surface area contributed by atoms with Crippen LogP contribution in [0.5, 0.6) is 0 Å². The van der Waals surface area contributed by atoms with Crippen molar-refractivity contribution in [1.82, 2.24) is 9.55 Å². The molecule has 0 saturated carbocycles. The fourth-order valence-corrected chi connectivity index (χ4v) is 4.47. The fourth-order valence-electron chi connectivity index (χ4n) is 3.53. The van der Waals surface area contributed by atoms with Crippen LogP contribution in [0.2, 0.25) is 0 Å². The van der Waals surface area contributed by atoms with Crippen molar-refractivity contribution in [3.8, 4) is 0 Å². The number of hydrogen-bond donors (Lipinski definition) is 1. The van der Waals surface area contributed by atoms with Gasteiger partial charge in [-0.05, 0) is 50.1 Å². The molecule has 0 amide bonds. The van der Waals surface area contributed by atoms with Gasteiger partial charge in [0.05, 0.1) is 5.69 Å². The molecule has 2 N–H and O–H groups in total. The number of sulfonamides is 1. The van der Waals surface area contributed by atoms with Crippen molar-refractivity contribution in [2.45, 2.75) is 25.5 Å². The lowest BCUT2D eigenvalue weighted by Crippen LogP contribution is -2.41. The number of aryl methyl sites for hydroxylation is 2. The number of nitrogens with zero attached hydrogens (tertiary/aromatic N) is 2. The van der Waals surface area contributed by atoms with Gasteiger partial charge in [-0.15, -0.1) is 0 Å². The highest BCUT2D eigenvalue weighted by atomic mass is 32.2. The summed E-state index contributed by atoms with van der Waals surface area (Å²) < 4.78 is 25.2. The maximum Gasteiger partial charge on any atom is 0.224 e. The fraction of sp³-hybridized carbons (Fsp3) is 0.238. The molecule has 0 bridgehead atoms. The van der Waals surface area contributed by atoms with Gasteiger partial charge in [-0.1, -0.05) is 29.8 Å². The molecule has 0 radical (unpaired) electrons. The molecule has 0 aliphatic rings. The molecular formula is C21H23N3O3S. The van der Waals surface area contributed by atoms with Crippen LogP contribution >= 0.6 is 0 Å². The summed E-state index contributed by atoms with van der Waals surface area (Å²) in [6, 6.07) is 12.2. The topological polar surface area (TPSA) is 95.1 Å². The van der Waals surface area contributed by atoms with Gasteiger partial charge in [-0.2, -0.15) is 0 Å². The van der Waals surface area contributed by atoms with E-state index in [-0.39, 0.29) is 5.78 Å². The van der Waals surface area contributed by atoms with Crippen molar-refractivity contribution in [3.63, 3.8) is 0 Å². The first-order valence-electron chi connectivity index (χ1n) is 8.78. The molecule has 3 aromatic rings. The van der Waals surface area contributed by atoms with Crippen LogP contribution in [0.25, 0.3) is 0 Å². The standard InChI is InChI=1S/C21H23N3O3S/c1-14-7-8-17(15(2)12-14)20(25)18-9-10-19(24(18)4)21(3,28(22,26)27)16-6-5-11-23-13-16/h5-13H,1-4H3,(H2,22,26,27). The summed E-state index contributed by atoms with van der Waals surface area (Å²) in [5.41, 5.74) is 3.74. The molecule has 146 valence electrons. The smallest absolute Gasteiger partial charge is 0.224 e. The average Bonchev–Trinajstić information content (AvgIpc) is 3.02. The minimum absolute atomic E-state index is 0.172. The molecule has 1 aromatic carbocycles. The highest BCUT2D eigenvalue weighted by molar-refractivity contribution is 7.90. The second-order valence-electron chi connectivity index (χ2n) is 7.13. The SMILES string of the molecule is Cc1ccc(C(=O)c2ccc(C(C)(c3cccnc3)S(N)(=O)=O)n2C)c(C)c1. The molecule has 6 nitrogen and oxygen atoms in total. The van der Waals surface area contributed by atoms with Crippen molar-refractivity contribution in [1.29, 1.82) is 0 Å². The Morgan fingerprint density at radius 1 is 1.14 bits per heavy atom. The predicted molar refractivity (Wildman–Crippen MR) is 109 cm³/mol. The first-order valence-corrected chi connectivity index (χ1v) is 10.3. The van der Waals surface area contributed by atoms with Gasteiger partial charge in [0.2, 0.25) is 15.8 Å². The molecule has 3 rings (SSSR count). The number of rotatable bonds is 5. The Kier molecular flexibility index (Phi) is 4.99. The van der Waals surface area contributed by atoms with Crippen molar-refractivity contribution < 1.29 is 13.2 Å². The minimum atomic E-state index is -4.06. The van der Waals surface area contributed by atoms with E-state index >= 15 is 0 Å². The third-order valence-corrected chi connectivity index (χ3v) is 6.83. The third kappa shape index (κ3) is 3.16. The highest BCUT2D eigenvalue weighted by Gasteiger charge is 2.43. The number of pyridine rings is 1. The Morgan fingerprint density at radius 3 is 2.43 bits per heavy atom. The zero-order valence-corrected chi connectivity index (χ0v) is 17.1. The summed E-state index contributed by atoms with van der Waals surface area (Å²) in [4.78, 5) is 17.1. The largest absolute Gasteiger partial charge is 0.343 e. The lowest BCUT2D eigenvalue weighted by atomic mass is 9.98. The van der Waals surface area contributed by atoms with Crippen LogP contribution in [0.1, 0.15) is 45.4 Å². The summed E-state index contributed by atoms with van der Waals surface area (Å²) in [7, 11) is -2.38. The molecule has 7 heteroatoms. The molecule has 2 aromatic heterocycles. The van der Waals surface area contributed by atoms with Gasteiger partial charge in [0.1, 0.15) is 4.75 Å². The van der Waals surface area contributed by atoms with E-state index in [0.29, 0.717) is 22.5 Å². The quantitative estimate of drug-likeness (QED) is 0.670. The van der Waals surface area contributed by atoms with E-state index in [1.165, 1.54) is 13.1 Å². The summed E-state index contributed by atoms with van der Waals surface area (Å²) in [6.07, 6.45) is 3.04. The monoisotopic (exact) mass is 397 g/mol. The van der Waals surface area contributed by atoms with E-state index in [1.807, 2.05) is 26.0 Å². The van der Waals surface area contributed by atoms with Crippen LogP contribution in [0.3, 0.4) is 0 Å². The van der Waals surface area contributed by atoms with E-state index in [9.17, 15) is 13.2 Å². The average molecular weight is 398 g/mol. The molecule has 0 aliphatic carbocycles. The number of hydrogen-bond acceptors (Lipinski definition) is 4. The Balaban J connectivity index is 2.17. The van der Waals surface area contributed by atoms with Crippen LogP contribution in [0.4, 0.5) is 0 Å². The zero-order valence-electron chi connectivity index (χ0n) is 16.3. The second-order valence-corrected chi connectivity index (χ2v) is 9.04.